The quantitative estimate of drug-likeness (QED) is 0.827. The average molecular weight is 384 g/mol. The van der Waals surface area contributed by atoms with Crippen molar-refractivity contribution < 1.29 is 9.53 Å². The first kappa shape index (κ1) is 20.1. The van der Waals surface area contributed by atoms with Crippen molar-refractivity contribution in [3.8, 4) is 0 Å². The lowest BCUT2D eigenvalue weighted by molar-refractivity contribution is -0.116. The molecule has 150 valence electrons. The topological polar surface area (TPSA) is 87.3 Å². The summed E-state index contributed by atoms with van der Waals surface area (Å²) in [5.41, 5.74) is 5.14. The highest BCUT2D eigenvalue weighted by Crippen LogP contribution is 2.22. The molecule has 2 N–H and O–H groups in total. The van der Waals surface area contributed by atoms with E-state index in [1.165, 1.54) is 5.56 Å². The number of benzene rings is 1. The van der Waals surface area contributed by atoms with E-state index in [0.717, 1.165) is 16.8 Å². The Balaban J connectivity index is 1.67. The molecule has 0 aliphatic carbocycles. The minimum atomic E-state index is -0.176. The molecule has 0 spiro atoms. The third-order valence-corrected chi connectivity index (χ3v) is 5.06. The van der Waals surface area contributed by atoms with E-state index >= 15 is 0 Å². The molecular formula is C21H28N4O3. The van der Waals surface area contributed by atoms with Crippen LogP contribution in [-0.2, 0) is 16.0 Å². The van der Waals surface area contributed by atoms with Gasteiger partial charge >= 0.3 is 0 Å². The van der Waals surface area contributed by atoms with Crippen molar-refractivity contribution in [1.29, 1.82) is 0 Å². The van der Waals surface area contributed by atoms with Gasteiger partial charge in [0.2, 0.25) is 11.9 Å². The number of nitrogens with one attached hydrogen (secondary N) is 2. The molecule has 1 saturated heterocycles. The minimum absolute atomic E-state index is 0.105. The third kappa shape index (κ3) is 4.59. The highest BCUT2D eigenvalue weighted by molar-refractivity contribution is 5.92. The number of ether oxygens (including phenoxy) is 1. The monoisotopic (exact) mass is 384 g/mol. The zero-order chi connectivity index (χ0) is 20.3. The number of H-pyrrole nitrogens is 1. The summed E-state index contributed by atoms with van der Waals surface area (Å²) >= 11 is 0. The van der Waals surface area contributed by atoms with Crippen molar-refractivity contribution in [2.75, 3.05) is 36.5 Å². The molecule has 1 amide bonds. The highest BCUT2D eigenvalue weighted by atomic mass is 16.5. The number of nitrogens with zero attached hydrogens (tertiary/aromatic N) is 2. The highest BCUT2D eigenvalue weighted by Gasteiger charge is 2.17. The average Bonchev–Trinajstić information content (AvgIpc) is 2.64. The number of hydrogen-bond donors (Lipinski definition) is 2. The lowest BCUT2D eigenvalue weighted by atomic mass is 10.0. The summed E-state index contributed by atoms with van der Waals surface area (Å²) in [7, 11) is 0. The lowest BCUT2D eigenvalue weighted by Crippen LogP contribution is -2.38. The number of aromatic amines is 1. The zero-order valence-corrected chi connectivity index (χ0v) is 17.0. The maximum Gasteiger partial charge on any atom is 0.255 e. The van der Waals surface area contributed by atoms with E-state index in [0.29, 0.717) is 49.9 Å². The SMILES string of the molecule is Cc1cc(C)c(NC(=O)CCc2c(C)nc(N3CCOCC3)[nH]c2=O)c(C)c1. The molecule has 7 nitrogen and oxygen atoms in total. The number of rotatable bonds is 5. The van der Waals surface area contributed by atoms with Crippen molar-refractivity contribution >= 4 is 17.5 Å². The van der Waals surface area contributed by atoms with Crippen LogP contribution in [-0.4, -0.2) is 42.2 Å². The fraction of sp³-hybridized carbons (Fsp3) is 0.476. The zero-order valence-electron chi connectivity index (χ0n) is 17.0. The predicted molar refractivity (Wildman–Crippen MR) is 110 cm³/mol. The molecule has 0 bridgehead atoms. The molecule has 2 aromatic rings. The van der Waals surface area contributed by atoms with Gasteiger partial charge in [0.05, 0.1) is 13.2 Å². The van der Waals surface area contributed by atoms with Crippen LogP contribution in [0.15, 0.2) is 16.9 Å². The second-order valence-electron chi connectivity index (χ2n) is 7.37. The Morgan fingerprint density at radius 1 is 1.18 bits per heavy atom. The second kappa shape index (κ2) is 8.56. The molecule has 1 aliphatic heterocycles. The van der Waals surface area contributed by atoms with Crippen LogP contribution in [0.25, 0.3) is 0 Å². The van der Waals surface area contributed by atoms with E-state index < -0.39 is 0 Å². The van der Waals surface area contributed by atoms with Crippen LogP contribution in [0, 0.1) is 27.7 Å². The number of carbonyl (C=O) groups excluding carboxylic acids is 1. The third-order valence-electron chi connectivity index (χ3n) is 5.06. The number of anilines is 2. The molecule has 0 saturated carbocycles. The number of aromatic nitrogens is 2. The van der Waals surface area contributed by atoms with Crippen molar-refractivity contribution in [2.45, 2.75) is 40.5 Å². The molecule has 28 heavy (non-hydrogen) atoms. The Bertz CT molecular complexity index is 907. The number of carbonyl (C=O) groups is 1. The molecule has 0 unspecified atom stereocenters. The maximum atomic E-state index is 12.5. The summed E-state index contributed by atoms with van der Waals surface area (Å²) in [6.07, 6.45) is 0.586. The normalized spacial score (nSPS) is 14.2. The number of morpholine rings is 1. The summed E-state index contributed by atoms with van der Waals surface area (Å²) < 4.78 is 5.34. The van der Waals surface area contributed by atoms with Crippen LogP contribution >= 0.6 is 0 Å². The summed E-state index contributed by atoms with van der Waals surface area (Å²) in [5.74, 6) is 0.469. The molecule has 2 heterocycles. The molecule has 0 atom stereocenters. The van der Waals surface area contributed by atoms with E-state index in [1.807, 2.05) is 44.7 Å². The van der Waals surface area contributed by atoms with E-state index in [-0.39, 0.29) is 17.9 Å². The van der Waals surface area contributed by atoms with E-state index in [4.69, 9.17) is 4.74 Å². The van der Waals surface area contributed by atoms with Crippen molar-refractivity contribution in [1.82, 2.24) is 9.97 Å². The van der Waals surface area contributed by atoms with Gasteiger partial charge in [0.15, 0.2) is 0 Å². The van der Waals surface area contributed by atoms with Crippen LogP contribution in [0.4, 0.5) is 11.6 Å². The Labute approximate surface area is 165 Å². The van der Waals surface area contributed by atoms with Crippen LogP contribution in [0.3, 0.4) is 0 Å². The van der Waals surface area contributed by atoms with Gasteiger partial charge in [0.1, 0.15) is 0 Å². The number of amides is 1. The van der Waals surface area contributed by atoms with Gasteiger partial charge in [-0.25, -0.2) is 4.98 Å². The van der Waals surface area contributed by atoms with E-state index in [1.54, 1.807) is 0 Å². The summed E-state index contributed by atoms with van der Waals surface area (Å²) in [4.78, 5) is 34.4. The van der Waals surface area contributed by atoms with Crippen LogP contribution < -0.4 is 15.8 Å². The minimum Gasteiger partial charge on any atom is -0.378 e. The van der Waals surface area contributed by atoms with Gasteiger partial charge in [0, 0.05) is 36.5 Å². The first-order valence-corrected chi connectivity index (χ1v) is 9.65. The smallest absolute Gasteiger partial charge is 0.255 e. The molecular weight excluding hydrogens is 356 g/mol. The van der Waals surface area contributed by atoms with Gasteiger partial charge in [0.25, 0.3) is 5.56 Å². The summed E-state index contributed by atoms with van der Waals surface area (Å²) in [6, 6.07) is 4.09. The van der Waals surface area contributed by atoms with Crippen molar-refractivity contribution in [3.63, 3.8) is 0 Å². The number of hydrogen-bond acceptors (Lipinski definition) is 5. The van der Waals surface area contributed by atoms with E-state index in [9.17, 15) is 9.59 Å². The largest absolute Gasteiger partial charge is 0.378 e. The van der Waals surface area contributed by atoms with Gasteiger partial charge in [-0.15, -0.1) is 0 Å². The first-order chi connectivity index (χ1) is 13.3. The Morgan fingerprint density at radius 3 is 2.43 bits per heavy atom. The molecule has 3 rings (SSSR count). The molecule has 1 fully saturated rings. The lowest BCUT2D eigenvalue weighted by Gasteiger charge is -2.27. The fourth-order valence-electron chi connectivity index (χ4n) is 3.63. The molecule has 1 aliphatic rings. The van der Waals surface area contributed by atoms with Crippen LogP contribution in [0.5, 0.6) is 0 Å². The van der Waals surface area contributed by atoms with Crippen molar-refractivity contribution in [2.24, 2.45) is 0 Å². The molecule has 7 heteroatoms. The second-order valence-corrected chi connectivity index (χ2v) is 7.37. The van der Waals surface area contributed by atoms with Gasteiger partial charge in [-0.3, -0.25) is 14.6 Å². The van der Waals surface area contributed by atoms with Gasteiger partial charge in [-0.05, 0) is 45.2 Å². The van der Waals surface area contributed by atoms with Gasteiger partial charge in [-0.2, -0.15) is 0 Å². The van der Waals surface area contributed by atoms with Gasteiger partial charge < -0.3 is 15.0 Å². The van der Waals surface area contributed by atoms with Gasteiger partial charge in [-0.1, -0.05) is 17.7 Å². The Hall–Kier alpha value is -2.67. The number of aryl methyl sites for hydroxylation is 4. The summed E-state index contributed by atoms with van der Waals surface area (Å²) in [5, 5.41) is 2.98. The summed E-state index contributed by atoms with van der Waals surface area (Å²) in [6.45, 7) is 10.5. The van der Waals surface area contributed by atoms with Crippen LogP contribution in [0.2, 0.25) is 0 Å². The molecule has 1 aromatic heterocycles. The Morgan fingerprint density at radius 2 is 1.82 bits per heavy atom. The predicted octanol–water partition coefficient (Wildman–Crippen LogP) is 2.41. The Kier molecular flexibility index (Phi) is 6.14. The molecule has 0 radical (unpaired) electrons. The van der Waals surface area contributed by atoms with Crippen molar-refractivity contribution in [3.05, 3.63) is 50.4 Å². The standard InChI is InChI=1S/C21H28N4O3/c1-13-11-14(2)19(15(3)12-13)23-18(26)6-5-17-16(4)22-21(24-20(17)27)25-7-9-28-10-8-25/h11-12H,5-10H2,1-4H3,(H,23,26)(H,22,24,27). The van der Waals surface area contributed by atoms with E-state index in [2.05, 4.69) is 15.3 Å². The first-order valence-electron chi connectivity index (χ1n) is 9.65. The fourth-order valence-corrected chi connectivity index (χ4v) is 3.63. The maximum absolute atomic E-state index is 12.5. The van der Waals surface area contributed by atoms with Crippen LogP contribution in [0.1, 0.15) is 34.4 Å². The molecule has 1 aromatic carbocycles.